The quantitative estimate of drug-likeness (QED) is 0.608. The van der Waals surface area contributed by atoms with Gasteiger partial charge in [0.2, 0.25) is 5.91 Å². The third-order valence-electron chi connectivity index (χ3n) is 6.91. The summed E-state index contributed by atoms with van der Waals surface area (Å²) in [5.74, 6) is -2.27. The molecule has 4 heterocycles. The van der Waals surface area contributed by atoms with E-state index < -0.39 is 18.2 Å². The topological polar surface area (TPSA) is 115 Å². The zero-order chi connectivity index (χ0) is 24.9. The number of likely N-dealkylation sites (tertiary alicyclic amines) is 1. The number of nitrogens with zero attached hydrogens (tertiary/aromatic N) is 2. The second kappa shape index (κ2) is 11.3. The molecular formula is C22H32F3N3O5S. The Kier molecular flexibility index (Phi) is 8.93. The average molecular weight is 508 g/mol. The van der Waals surface area contributed by atoms with Gasteiger partial charge in [-0.3, -0.25) is 4.79 Å². The Bertz CT molecular complexity index is 793. The average Bonchev–Trinajstić information content (AvgIpc) is 3.38. The number of piperidine rings is 1. The zero-order valence-corrected chi connectivity index (χ0v) is 19.9. The molecule has 2 atom stereocenters. The van der Waals surface area contributed by atoms with Gasteiger partial charge in [0.25, 0.3) is 0 Å². The minimum absolute atomic E-state index is 0.0150. The number of halogens is 3. The number of ether oxygens (including phenoxy) is 2. The molecule has 0 spiro atoms. The van der Waals surface area contributed by atoms with E-state index in [1.54, 1.807) is 11.3 Å². The van der Waals surface area contributed by atoms with Crippen molar-refractivity contribution in [2.24, 2.45) is 11.1 Å². The maximum absolute atomic E-state index is 12.8. The van der Waals surface area contributed by atoms with Gasteiger partial charge in [0.05, 0.1) is 30.4 Å². The van der Waals surface area contributed by atoms with Crippen molar-refractivity contribution in [2.75, 3.05) is 26.3 Å². The highest BCUT2D eigenvalue weighted by atomic mass is 32.1. The fourth-order valence-corrected chi connectivity index (χ4v) is 5.41. The Morgan fingerprint density at radius 2 is 1.94 bits per heavy atom. The first-order chi connectivity index (χ1) is 16.0. The normalized spacial score (nSPS) is 27.0. The molecule has 1 amide bonds. The fourth-order valence-electron chi connectivity index (χ4n) is 4.60. The predicted octanol–water partition coefficient (Wildman–Crippen LogP) is 3.17. The van der Waals surface area contributed by atoms with Crippen LogP contribution in [0.3, 0.4) is 0 Å². The van der Waals surface area contributed by atoms with Gasteiger partial charge in [-0.1, -0.05) is 0 Å². The van der Waals surface area contributed by atoms with Gasteiger partial charge < -0.3 is 25.2 Å². The number of nitrogens with two attached hydrogens (primary N) is 1. The number of carbonyl (C=O) groups excluding carboxylic acids is 1. The van der Waals surface area contributed by atoms with E-state index in [9.17, 15) is 18.0 Å². The molecular weight excluding hydrogens is 475 g/mol. The van der Waals surface area contributed by atoms with Gasteiger partial charge in [0.1, 0.15) is 6.04 Å². The van der Waals surface area contributed by atoms with Crippen molar-refractivity contribution in [2.45, 2.75) is 75.8 Å². The molecule has 3 saturated heterocycles. The van der Waals surface area contributed by atoms with E-state index in [1.807, 2.05) is 23.4 Å². The summed E-state index contributed by atoms with van der Waals surface area (Å²) < 4.78 is 43.7. The summed E-state index contributed by atoms with van der Waals surface area (Å²) in [6.45, 7) is 4.87. The van der Waals surface area contributed by atoms with E-state index in [0.29, 0.717) is 18.6 Å². The van der Waals surface area contributed by atoms with Crippen LogP contribution in [0.5, 0.6) is 0 Å². The smallest absolute Gasteiger partial charge is 0.475 e. The van der Waals surface area contributed by atoms with Crippen molar-refractivity contribution in [3.8, 4) is 0 Å². The van der Waals surface area contributed by atoms with Gasteiger partial charge in [-0.05, 0) is 45.4 Å². The van der Waals surface area contributed by atoms with Gasteiger partial charge in [-0.15, -0.1) is 11.3 Å². The van der Waals surface area contributed by atoms with Gasteiger partial charge >= 0.3 is 12.1 Å². The minimum Gasteiger partial charge on any atom is -0.475 e. The van der Waals surface area contributed by atoms with Crippen molar-refractivity contribution in [3.05, 3.63) is 16.6 Å². The molecule has 3 N–H and O–H groups in total. The largest absolute Gasteiger partial charge is 0.490 e. The fraction of sp³-hybridized carbons (Fsp3) is 0.773. The maximum atomic E-state index is 12.8. The number of carboxylic acids is 1. The van der Waals surface area contributed by atoms with Crippen LogP contribution in [-0.2, 0) is 19.1 Å². The molecule has 0 unspecified atom stereocenters. The molecule has 4 fully saturated rings. The van der Waals surface area contributed by atoms with E-state index >= 15 is 0 Å². The lowest BCUT2D eigenvalue weighted by Crippen LogP contribution is -2.53. The number of aliphatic carboxylic acids is 1. The summed E-state index contributed by atoms with van der Waals surface area (Å²) in [7, 11) is 0. The number of carboxylic acid groups (broad SMARTS) is 1. The molecule has 2 bridgehead atoms. The number of thiazole rings is 1. The van der Waals surface area contributed by atoms with Gasteiger partial charge in [0, 0.05) is 36.0 Å². The van der Waals surface area contributed by atoms with Crippen molar-refractivity contribution < 1.29 is 37.3 Å². The van der Waals surface area contributed by atoms with E-state index in [4.69, 9.17) is 25.1 Å². The number of fused-ring (bicyclic) bond motifs is 3. The molecule has 192 valence electrons. The lowest BCUT2D eigenvalue weighted by Gasteiger charge is -2.46. The molecule has 3 aliphatic heterocycles. The molecule has 5 rings (SSSR count). The molecule has 1 saturated carbocycles. The lowest BCUT2D eigenvalue weighted by atomic mass is 9.72. The summed E-state index contributed by atoms with van der Waals surface area (Å²) in [6.07, 6.45) is 3.48. The van der Waals surface area contributed by atoms with Crippen molar-refractivity contribution >= 4 is 23.2 Å². The summed E-state index contributed by atoms with van der Waals surface area (Å²) >= 11 is 1.71. The molecule has 8 nitrogen and oxygen atoms in total. The first kappa shape index (κ1) is 26.8. The molecule has 0 aromatic carbocycles. The minimum atomic E-state index is -5.08. The molecule has 34 heavy (non-hydrogen) atoms. The highest BCUT2D eigenvalue weighted by Crippen LogP contribution is 2.43. The molecule has 1 aromatic rings. The van der Waals surface area contributed by atoms with Crippen LogP contribution in [0.25, 0.3) is 0 Å². The number of rotatable bonds is 6. The van der Waals surface area contributed by atoms with Crippen LogP contribution in [0, 0.1) is 5.41 Å². The molecule has 0 radical (unpaired) electrons. The van der Waals surface area contributed by atoms with Crippen molar-refractivity contribution in [1.29, 1.82) is 0 Å². The van der Waals surface area contributed by atoms with Crippen LogP contribution >= 0.6 is 11.3 Å². The first-order valence-electron chi connectivity index (χ1n) is 11.5. The van der Waals surface area contributed by atoms with Crippen LogP contribution in [-0.4, -0.2) is 77.6 Å². The van der Waals surface area contributed by atoms with Gasteiger partial charge in [-0.25, -0.2) is 9.78 Å². The van der Waals surface area contributed by atoms with Gasteiger partial charge in [0.15, 0.2) is 0 Å². The predicted molar refractivity (Wildman–Crippen MR) is 118 cm³/mol. The van der Waals surface area contributed by atoms with E-state index in [1.165, 1.54) is 5.01 Å². The Labute approximate surface area is 200 Å². The third kappa shape index (κ3) is 6.89. The lowest BCUT2D eigenvalue weighted by molar-refractivity contribution is -0.192. The third-order valence-corrected chi connectivity index (χ3v) is 7.85. The Hall–Kier alpha value is -1.76. The van der Waals surface area contributed by atoms with Crippen molar-refractivity contribution in [3.63, 3.8) is 0 Å². The SMILES string of the molecule is C[C@@H](OCC12CCC(CC1)OC2)[C@H](N)C(=O)N1CCC(c2nccs2)CC1.O=C(O)C(F)(F)F. The standard InChI is InChI=1S/C20H31N3O3S.C2HF3O2/c1-14(25-12-20-6-2-16(3-7-20)26-13-20)17(21)19(24)23-9-4-15(5-10-23)18-22-8-11-27-18;3-2(4,5)1(6)7/h8,11,14-17H,2-7,9-10,12-13,21H2,1H3;(H,6,7)/t14-,16?,17+,20?;/m1./s1. The number of hydrogen-bond donors (Lipinski definition) is 2. The van der Waals surface area contributed by atoms with E-state index in [2.05, 4.69) is 4.98 Å². The molecule has 1 aliphatic carbocycles. The summed E-state index contributed by atoms with van der Waals surface area (Å²) in [5, 5.41) is 10.3. The summed E-state index contributed by atoms with van der Waals surface area (Å²) in [5.41, 5.74) is 6.41. The monoisotopic (exact) mass is 507 g/mol. The highest BCUT2D eigenvalue weighted by Gasteiger charge is 2.42. The highest BCUT2D eigenvalue weighted by molar-refractivity contribution is 7.09. The Morgan fingerprint density at radius 3 is 2.41 bits per heavy atom. The van der Waals surface area contributed by atoms with Crippen LogP contribution in [0.15, 0.2) is 11.6 Å². The first-order valence-corrected chi connectivity index (χ1v) is 12.4. The van der Waals surface area contributed by atoms with Crippen molar-refractivity contribution in [1.82, 2.24) is 9.88 Å². The maximum Gasteiger partial charge on any atom is 0.490 e. The molecule has 4 aliphatic rings. The number of aromatic nitrogens is 1. The number of hydrogen-bond acceptors (Lipinski definition) is 7. The van der Waals surface area contributed by atoms with Crippen LogP contribution in [0.1, 0.15) is 56.4 Å². The second-order valence-electron chi connectivity index (χ2n) is 9.33. The van der Waals surface area contributed by atoms with Crippen LogP contribution < -0.4 is 5.73 Å². The summed E-state index contributed by atoms with van der Waals surface area (Å²) in [4.78, 5) is 28.0. The van der Waals surface area contributed by atoms with Gasteiger partial charge in [-0.2, -0.15) is 13.2 Å². The van der Waals surface area contributed by atoms with E-state index in [0.717, 1.165) is 58.2 Å². The van der Waals surface area contributed by atoms with Crippen LogP contribution in [0.2, 0.25) is 0 Å². The summed E-state index contributed by atoms with van der Waals surface area (Å²) in [6, 6.07) is -0.598. The number of alkyl halides is 3. The zero-order valence-electron chi connectivity index (χ0n) is 19.1. The Balaban J connectivity index is 0.000000406. The van der Waals surface area contributed by atoms with E-state index in [-0.39, 0.29) is 17.4 Å². The Morgan fingerprint density at radius 1 is 1.32 bits per heavy atom. The second-order valence-corrected chi connectivity index (χ2v) is 10.3. The van der Waals surface area contributed by atoms with Crippen LogP contribution in [0.4, 0.5) is 13.2 Å². The number of carbonyl (C=O) groups is 2. The molecule has 12 heteroatoms. The molecule has 1 aromatic heterocycles. The number of amides is 1.